The molecule has 0 aliphatic carbocycles. The third kappa shape index (κ3) is 4.10. The second-order valence-corrected chi connectivity index (χ2v) is 7.29. The number of hydrogen-bond donors (Lipinski definition) is 1. The minimum atomic E-state index is 0.682. The van der Waals surface area contributed by atoms with Gasteiger partial charge in [-0.1, -0.05) is 24.3 Å². The number of allylic oxidation sites excluding steroid dienone is 1. The molecule has 1 aromatic heterocycles. The van der Waals surface area contributed by atoms with Crippen molar-refractivity contribution in [1.29, 1.82) is 0 Å². The second-order valence-electron chi connectivity index (χ2n) is 7.29. The number of aromatic nitrogens is 1. The fourth-order valence-electron chi connectivity index (χ4n) is 4.06. The molecule has 1 fully saturated rings. The summed E-state index contributed by atoms with van der Waals surface area (Å²) in [5.74, 6) is 0.682. The van der Waals surface area contributed by atoms with Crippen LogP contribution in [0.4, 0.5) is 0 Å². The maximum absolute atomic E-state index is 4.80. The highest BCUT2D eigenvalue weighted by Gasteiger charge is 2.16. The average Bonchev–Trinajstić information content (AvgIpc) is 2.99. The molecule has 4 rings (SSSR count). The lowest BCUT2D eigenvalue weighted by Crippen LogP contribution is -2.13. The summed E-state index contributed by atoms with van der Waals surface area (Å²) in [4.78, 5) is 9.07. The summed E-state index contributed by atoms with van der Waals surface area (Å²) >= 11 is 0. The van der Waals surface area contributed by atoms with Crippen molar-refractivity contribution >= 4 is 11.8 Å². The number of hydrogen-bond acceptors (Lipinski definition) is 3. The fourth-order valence-corrected chi connectivity index (χ4v) is 4.06. The van der Waals surface area contributed by atoms with E-state index in [2.05, 4.69) is 46.7 Å². The van der Waals surface area contributed by atoms with Crippen LogP contribution in [-0.2, 0) is 0 Å². The maximum Gasteiger partial charge on any atom is 0.0694 e. The van der Waals surface area contributed by atoms with Crippen LogP contribution < -0.4 is 5.32 Å². The molecule has 2 aromatic rings. The van der Waals surface area contributed by atoms with Gasteiger partial charge in [-0.25, -0.2) is 0 Å². The lowest BCUT2D eigenvalue weighted by atomic mass is 9.90. The summed E-state index contributed by atoms with van der Waals surface area (Å²) < 4.78 is 0. The molecule has 0 radical (unpaired) electrons. The number of nitrogens with zero attached hydrogens (tertiary/aromatic N) is 2. The average molecular weight is 345 g/mol. The van der Waals surface area contributed by atoms with Crippen LogP contribution in [0.3, 0.4) is 0 Å². The van der Waals surface area contributed by atoms with Crippen molar-refractivity contribution < 1.29 is 0 Å². The molecule has 1 aromatic carbocycles. The monoisotopic (exact) mass is 345 g/mol. The van der Waals surface area contributed by atoms with Gasteiger partial charge in [-0.15, -0.1) is 0 Å². The predicted octanol–water partition coefficient (Wildman–Crippen LogP) is 4.61. The summed E-state index contributed by atoms with van der Waals surface area (Å²) in [5, 5.41) is 3.52. The zero-order valence-corrected chi connectivity index (χ0v) is 15.3. The second kappa shape index (κ2) is 8.41. The Balaban J connectivity index is 1.61. The van der Waals surface area contributed by atoms with Gasteiger partial charge in [0.2, 0.25) is 0 Å². The predicted molar refractivity (Wildman–Crippen MR) is 109 cm³/mol. The third-order valence-corrected chi connectivity index (χ3v) is 5.41. The van der Waals surface area contributed by atoms with Crippen LogP contribution in [0, 0.1) is 0 Å². The summed E-state index contributed by atoms with van der Waals surface area (Å²) in [6.45, 7) is 3.20. The van der Waals surface area contributed by atoms with Gasteiger partial charge in [-0.3, -0.25) is 9.98 Å². The van der Waals surface area contributed by atoms with Gasteiger partial charge in [0.15, 0.2) is 0 Å². The molecule has 3 heteroatoms. The lowest BCUT2D eigenvalue weighted by Gasteiger charge is -2.17. The number of nitrogens with one attached hydrogen (secondary N) is 1. The van der Waals surface area contributed by atoms with Gasteiger partial charge in [0, 0.05) is 24.5 Å². The van der Waals surface area contributed by atoms with Crippen LogP contribution in [0.5, 0.6) is 0 Å². The van der Waals surface area contributed by atoms with Crippen LogP contribution in [0.1, 0.15) is 54.7 Å². The molecule has 1 atom stereocenters. The van der Waals surface area contributed by atoms with Crippen molar-refractivity contribution in [3.8, 4) is 0 Å². The Kier molecular flexibility index (Phi) is 5.56. The largest absolute Gasteiger partial charge is 0.317 e. The van der Waals surface area contributed by atoms with Crippen molar-refractivity contribution in [3.63, 3.8) is 0 Å². The molecule has 0 bridgehead atoms. The van der Waals surface area contributed by atoms with Crippen LogP contribution in [0.25, 0.3) is 6.08 Å². The molecular weight excluding hydrogens is 318 g/mol. The Morgan fingerprint density at radius 1 is 1.04 bits per heavy atom. The standard InChI is InChI=1S/C23H27N3/c1-5-18(15-20(6-1)19-7-2-11-24-14-10-19)16-21-8-4-13-26-23(21)22-9-3-12-25-17-22/h1,3,5-6,9,12,15-17,19,24H,2,4,7-8,10-11,13-14H2. The fraction of sp³-hybridized carbons (Fsp3) is 0.391. The normalized spacial score (nSPS) is 22.7. The number of rotatable bonds is 3. The van der Waals surface area contributed by atoms with E-state index in [9.17, 15) is 0 Å². The van der Waals surface area contributed by atoms with E-state index in [0.717, 1.165) is 43.8 Å². The summed E-state index contributed by atoms with van der Waals surface area (Å²) in [6.07, 6.45) is 12.1. The number of pyridine rings is 1. The molecule has 2 aliphatic heterocycles. The van der Waals surface area contributed by atoms with Crippen LogP contribution in [0.15, 0.2) is 59.4 Å². The van der Waals surface area contributed by atoms with Gasteiger partial charge in [0.25, 0.3) is 0 Å². The van der Waals surface area contributed by atoms with Gasteiger partial charge < -0.3 is 5.32 Å². The smallest absolute Gasteiger partial charge is 0.0694 e. The first-order valence-corrected chi connectivity index (χ1v) is 9.86. The van der Waals surface area contributed by atoms with E-state index < -0.39 is 0 Å². The van der Waals surface area contributed by atoms with Gasteiger partial charge in [0.1, 0.15) is 0 Å². The molecule has 3 heterocycles. The molecule has 2 aliphatic rings. The van der Waals surface area contributed by atoms with E-state index in [0.29, 0.717) is 5.92 Å². The lowest BCUT2D eigenvalue weighted by molar-refractivity contribution is 0.609. The zero-order chi connectivity index (χ0) is 17.6. The molecule has 0 spiro atoms. The van der Waals surface area contributed by atoms with Crippen molar-refractivity contribution in [1.82, 2.24) is 10.3 Å². The first kappa shape index (κ1) is 17.2. The van der Waals surface area contributed by atoms with Crippen molar-refractivity contribution in [2.24, 2.45) is 4.99 Å². The quantitative estimate of drug-likeness (QED) is 0.882. The Hall–Kier alpha value is -2.26. The van der Waals surface area contributed by atoms with Crippen molar-refractivity contribution in [2.75, 3.05) is 19.6 Å². The summed E-state index contributed by atoms with van der Waals surface area (Å²) in [7, 11) is 0. The minimum absolute atomic E-state index is 0.682. The SMILES string of the molecule is C(=C1CCCN=C1c1cccnc1)c1cccc(C2CCCNCC2)c1. The van der Waals surface area contributed by atoms with E-state index >= 15 is 0 Å². The van der Waals surface area contributed by atoms with Crippen LogP contribution in [0.2, 0.25) is 0 Å². The number of benzene rings is 1. The molecule has 1 saturated heterocycles. The molecule has 0 amide bonds. The third-order valence-electron chi connectivity index (χ3n) is 5.41. The molecule has 1 N–H and O–H groups in total. The van der Waals surface area contributed by atoms with Gasteiger partial charge in [-0.2, -0.15) is 0 Å². The topological polar surface area (TPSA) is 37.3 Å². The minimum Gasteiger partial charge on any atom is -0.317 e. The molecule has 3 nitrogen and oxygen atoms in total. The van der Waals surface area contributed by atoms with Gasteiger partial charge >= 0.3 is 0 Å². The van der Waals surface area contributed by atoms with Crippen molar-refractivity contribution in [2.45, 2.75) is 38.0 Å². The van der Waals surface area contributed by atoms with Crippen LogP contribution in [-0.4, -0.2) is 30.3 Å². The molecular formula is C23H27N3. The molecule has 134 valence electrons. The number of aliphatic imine (C=N–C) groups is 1. The Morgan fingerprint density at radius 2 is 2.04 bits per heavy atom. The first-order valence-electron chi connectivity index (χ1n) is 9.86. The Labute approximate surface area is 156 Å². The highest BCUT2D eigenvalue weighted by molar-refractivity contribution is 6.15. The Morgan fingerprint density at radius 3 is 2.96 bits per heavy atom. The molecule has 0 saturated carbocycles. The maximum atomic E-state index is 4.80. The van der Waals surface area contributed by atoms with E-state index in [1.54, 1.807) is 0 Å². The van der Waals surface area contributed by atoms with E-state index in [1.807, 2.05) is 18.5 Å². The first-order chi connectivity index (χ1) is 12.9. The summed E-state index contributed by atoms with van der Waals surface area (Å²) in [6, 6.07) is 13.2. The highest BCUT2D eigenvalue weighted by atomic mass is 14.8. The van der Waals surface area contributed by atoms with E-state index in [1.165, 1.54) is 36.0 Å². The van der Waals surface area contributed by atoms with E-state index in [-0.39, 0.29) is 0 Å². The zero-order valence-electron chi connectivity index (χ0n) is 15.3. The van der Waals surface area contributed by atoms with Crippen molar-refractivity contribution in [3.05, 3.63) is 71.1 Å². The highest BCUT2D eigenvalue weighted by Crippen LogP contribution is 2.28. The van der Waals surface area contributed by atoms with E-state index in [4.69, 9.17) is 4.99 Å². The molecule has 1 unspecified atom stereocenters. The van der Waals surface area contributed by atoms with Gasteiger partial charge in [0.05, 0.1) is 5.71 Å². The van der Waals surface area contributed by atoms with Crippen LogP contribution >= 0.6 is 0 Å². The van der Waals surface area contributed by atoms with Gasteiger partial charge in [-0.05, 0) is 86.0 Å². The Bertz CT molecular complexity index is 784. The summed E-state index contributed by atoms with van der Waals surface area (Å²) in [5.41, 5.74) is 6.37. The molecule has 26 heavy (non-hydrogen) atoms.